The van der Waals surface area contributed by atoms with Gasteiger partial charge in [0.05, 0.1) is 0 Å². The van der Waals surface area contributed by atoms with Crippen LogP contribution in [0.2, 0.25) is 5.28 Å². The van der Waals surface area contributed by atoms with Crippen LogP contribution >= 0.6 is 11.6 Å². The molecule has 6 nitrogen and oxygen atoms in total. The van der Waals surface area contributed by atoms with E-state index >= 15 is 0 Å². The largest absolute Gasteiger partial charge is 0.478 e. The van der Waals surface area contributed by atoms with Crippen LogP contribution in [0.4, 0.5) is 13.2 Å². The van der Waals surface area contributed by atoms with E-state index in [-0.39, 0.29) is 16.8 Å². The second-order valence-electron chi connectivity index (χ2n) is 5.75. The molecule has 0 amide bonds. The van der Waals surface area contributed by atoms with Gasteiger partial charge >= 0.3 is 12.1 Å². The number of halogens is 4. The van der Waals surface area contributed by atoms with Gasteiger partial charge < -0.3 is 5.11 Å². The van der Waals surface area contributed by atoms with E-state index in [4.69, 9.17) is 16.7 Å². The summed E-state index contributed by atoms with van der Waals surface area (Å²) in [5.74, 6) is -1.03. The molecule has 1 aromatic carbocycles. The Bertz CT molecular complexity index is 1080. The number of carboxylic acid groups (broad SMARTS) is 1. The smallest absolute Gasteiger partial charge is 0.435 e. The lowest BCUT2D eigenvalue weighted by Gasteiger charge is -2.11. The molecule has 3 aromatic rings. The molecule has 2 aromatic heterocycles. The molecule has 28 heavy (non-hydrogen) atoms. The predicted molar refractivity (Wildman–Crippen MR) is 96.0 cm³/mol. The van der Waals surface area contributed by atoms with Gasteiger partial charge in [0.25, 0.3) is 0 Å². The van der Waals surface area contributed by atoms with Crippen molar-refractivity contribution in [1.29, 1.82) is 0 Å². The predicted octanol–water partition coefficient (Wildman–Crippen LogP) is 4.41. The van der Waals surface area contributed by atoms with Crippen LogP contribution in [0.5, 0.6) is 0 Å². The Labute approximate surface area is 161 Å². The van der Waals surface area contributed by atoms with Gasteiger partial charge in [0.1, 0.15) is 0 Å². The molecule has 0 aliphatic carbocycles. The number of aliphatic carboxylic acids is 1. The third kappa shape index (κ3) is 4.20. The van der Waals surface area contributed by atoms with Gasteiger partial charge in [-0.25, -0.2) is 14.5 Å². The van der Waals surface area contributed by atoms with Crippen molar-refractivity contribution in [1.82, 2.24) is 19.7 Å². The maximum atomic E-state index is 13.0. The summed E-state index contributed by atoms with van der Waals surface area (Å²) >= 11 is 5.86. The van der Waals surface area contributed by atoms with Crippen molar-refractivity contribution in [2.45, 2.75) is 13.1 Å². The molecular weight excluding hydrogens is 397 g/mol. The lowest BCUT2D eigenvalue weighted by molar-refractivity contribution is -0.141. The van der Waals surface area contributed by atoms with Crippen molar-refractivity contribution in [3.63, 3.8) is 0 Å². The number of hydrogen-bond acceptors (Lipinski definition) is 4. The fourth-order valence-electron chi connectivity index (χ4n) is 2.52. The van der Waals surface area contributed by atoms with Crippen LogP contribution < -0.4 is 0 Å². The highest BCUT2D eigenvalue weighted by atomic mass is 35.5. The summed E-state index contributed by atoms with van der Waals surface area (Å²) in [7, 11) is 0. The summed E-state index contributed by atoms with van der Waals surface area (Å²) in [4.78, 5) is 18.7. The average molecular weight is 409 g/mol. The lowest BCUT2D eigenvalue weighted by Crippen LogP contribution is -2.09. The first-order valence-corrected chi connectivity index (χ1v) is 8.21. The number of aromatic nitrogens is 4. The molecular formula is C18H12ClF3N4O2. The second-order valence-corrected chi connectivity index (χ2v) is 6.09. The minimum absolute atomic E-state index is 0.0763. The Hall–Kier alpha value is -3.20. The third-order valence-corrected chi connectivity index (χ3v) is 3.92. The van der Waals surface area contributed by atoms with Gasteiger partial charge in [0, 0.05) is 23.5 Å². The van der Waals surface area contributed by atoms with E-state index in [0.717, 1.165) is 16.8 Å². The van der Waals surface area contributed by atoms with Gasteiger partial charge in [-0.2, -0.15) is 23.3 Å². The molecule has 144 valence electrons. The molecule has 0 aliphatic rings. The summed E-state index contributed by atoms with van der Waals surface area (Å²) in [6.07, 6.45) is -0.859. The Morgan fingerprint density at radius 3 is 2.68 bits per heavy atom. The highest BCUT2D eigenvalue weighted by Crippen LogP contribution is 2.32. The molecule has 0 saturated carbocycles. The zero-order valence-electron chi connectivity index (χ0n) is 14.3. The van der Waals surface area contributed by atoms with E-state index < -0.39 is 17.8 Å². The summed E-state index contributed by atoms with van der Waals surface area (Å²) in [6.45, 7) is 1.47. The number of nitrogens with zero attached hydrogens (tertiary/aromatic N) is 4. The molecule has 0 atom stereocenters. The summed E-state index contributed by atoms with van der Waals surface area (Å²) in [6, 6.07) is 7.61. The van der Waals surface area contributed by atoms with Crippen LogP contribution in [0, 0.1) is 6.92 Å². The molecule has 0 saturated heterocycles. The molecule has 0 fully saturated rings. The molecule has 1 N–H and O–H groups in total. The van der Waals surface area contributed by atoms with Gasteiger partial charge in [-0.05, 0) is 47.9 Å². The van der Waals surface area contributed by atoms with Crippen molar-refractivity contribution in [2.75, 3.05) is 0 Å². The molecule has 0 unspecified atom stereocenters. The Balaban J connectivity index is 2.14. The zero-order valence-corrected chi connectivity index (χ0v) is 15.0. The van der Waals surface area contributed by atoms with Gasteiger partial charge in [-0.1, -0.05) is 18.2 Å². The van der Waals surface area contributed by atoms with Crippen LogP contribution in [0.1, 0.15) is 17.0 Å². The maximum absolute atomic E-state index is 13.0. The van der Waals surface area contributed by atoms with E-state index in [1.165, 1.54) is 19.2 Å². The number of carboxylic acids is 1. The number of carbonyl (C=O) groups is 1. The minimum Gasteiger partial charge on any atom is -0.478 e. The first kappa shape index (κ1) is 19.6. The molecule has 0 spiro atoms. The topological polar surface area (TPSA) is 80.9 Å². The molecule has 0 radical (unpaired) electrons. The monoisotopic (exact) mass is 408 g/mol. The van der Waals surface area contributed by atoms with Crippen LogP contribution in [-0.4, -0.2) is 30.8 Å². The lowest BCUT2D eigenvalue weighted by atomic mass is 10.0. The fourth-order valence-corrected chi connectivity index (χ4v) is 2.65. The van der Waals surface area contributed by atoms with E-state index in [9.17, 15) is 18.0 Å². The normalized spacial score (nSPS) is 11.9. The molecule has 3 rings (SSSR count). The van der Waals surface area contributed by atoms with E-state index in [1.54, 1.807) is 24.3 Å². The van der Waals surface area contributed by atoms with Crippen molar-refractivity contribution in [2.24, 2.45) is 0 Å². The standard InChI is InChI=1S/C18H12ClF3N4O2/c1-10-7-14(18(20,21)22)25-26(10)16-13(9-23-17(19)24-16)12-4-2-3-11(8-12)5-6-15(27)28/h2-9H,1H3,(H,27,28). The molecule has 0 bridgehead atoms. The molecule has 0 aliphatic heterocycles. The fraction of sp³-hybridized carbons (Fsp3) is 0.111. The Morgan fingerprint density at radius 2 is 2.04 bits per heavy atom. The van der Waals surface area contributed by atoms with Crippen molar-refractivity contribution in [3.05, 3.63) is 64.8 Å². The van der Waals surface area contributed by atoms with E-state index in [0.29, 0.717) is 16.7 Å². The average Bonchev–Trinajstić information content (AvgIpc) is 3.02. The van der Waals surface area contributed by atoms with Gasteiger partial charge in [-0.15, -0.1) is 0 Å². The number of rotatable bonds is 4. The van der Waals surface area contributed by atoms with E-state index in [1.807, 2.05) is 0 Å². The highest BCUT2D eigenvalue weighted by Gasteiger charge is 2.35. The first-order chi connectivity index (χ1) is 13.1. The minimum atomic E-state index is -4.60. The van der Waals surface area contributed by atoms with Gasteiger partial charge in [0.15, 0.2) is 11.5 Å². The van der Waals surface area contributed by atoms with Crippen molar-refractivity contribution in [3.8, 4) is 16.9 Å². The maximum Gasteiger partial charge on any atom is 0.435 e. The number of benzene rings is 1. The molecule has 10 heteroatoms. The number of alkyl halides is 3. The number of hydrogen-bond donors (Lipinski definition) is 1. The van der Waals surface area contributed by atoms with Crippen LogP contribution in [0.15, 0.2) is 42.6 Å². The Morgan fingerprint density at radius 1 is 1.29 bits per heavy atom. The zero-order chi connectivity index (χ0) is 20.5. The third-order valence-electron chi connectivity index (χ3n) is 3.73. The second kappa shape index (κ2) is 7.43. The summed E-state index contributed by atoms with van der Waals surface area (Å²) in [5.41, 5.74) is 0.681. The van der Waals surface area contributed by atoms with Crippen molar-refractivity contribution < 1.29 is 23.1 Å². The van der Waals surface area contributed by atoms with Gasteiger partial charge in [0.2, 0.25) is 5.28 Å². The summed E-state index contributed by atoms with van der Waals surface area (Å²) in [5, 5.41) is 12.2. The molecule has 2 heterocycles. The van der Waals surface area contributed by atoms with E-state index in [2.05, 4.69) is 15.1 Å². The Kier molecular flexibility index (Phi) is 5.19. The van der Waals surface area contributed by atoms with Crippen molar-refractivity contribution >= 4 is 23.6 Å². The first-order valence-electron chi connectivity index (χ1n) is 7.83. The number of aryl methyl sites for hydroxylation is 1. The van der Waals surface area contributed by atoms with Crippen LogP contribution in [-0.2, 0) is 11.0 Å². The quantitative estimate of drug-likeness (QED) is 0.511. The SMILES string of the molecule is Cc1cc(C(F)(F)F)nn1-c1nc(Cl)ncc1-c1cccc(C=CC(=O)O)c1. The van der Waals surface area contributed by atoms with Gasteiger partial charge in [-0.3, -0.25) is 0 Å². The van der Waals surface area contributed by atoms with Crippen LogP contribution in [0.3, 0.4) is 0 Å². The van der Waals surface area contributed by atoms with Crippen LogP contribution in [0.25, 0.3) is 23.0 Å². The summed E-state index contributed by atoms with van der Waals surface area (Å²) < 4.78 is 40.1. The highest BCUT2D eigenvalue weighted by molar-refractivity contribution is 6.28.